The predicted octanol–water partition coefficient (Wildman–Crippen LogP) is 1.63. The van der Waals surface area contributed by atoms with E-state index in [1.807, 2.05) is 9.80 Å². The summed E-state index contributed by atoms with van der Waals surface area (Å²) in [6.07, 6.45) is 7.33. The van der Waals surface area contributed by atoms with E-state index < -0.39 is 0 Å². The highest BCUT2D eigenvalue weighted by Crippen LogP contribution is 2.30. The summed E-state index contributed by atoms with van der Waals surface area (Å²) in [5, 5.41) is 3.41. The van der Waals surface area contributed by atoms with Crippen LogP contribution in [0.25, 0.3) is 0 Å². The first kappa shape index (κ1) is 16.7. The van der Waals surface area contributed by atoms with Crippen LogP contribution in [0.1, 0.15) is 51.9 Å². The van der Waals surface area contributed by atoms with Crippen LogP contribution in [0.15, 0.2) is 0 Å². The molecule has 0 aromatic rings. The number of nitrogens with zero attached hydrogens (tertiary/aromatic N) is 2. The molecule has 1 atom stereocenters. The zero-order valence-corrected chi connectivity index (χ0v) is 14.4. The highest BCUT2D eigenvalue weighted by molar-refractivity contribution is 5.89. The standard InChI is InChI=1S/C18H31N3O2/c1-2-19-12-14-7-9-20(10-8-14)18(23)15-11-17(22)21(13-15)16-5-3-4-6-16/h14-16,19H,2-13H2,1H3. The number of carbonyl (C=O) groups excluding carboxylic acids is 2. The number of likely N-dealkylation sites (tertiary alicyclic amines) is 2. The lowest BCUT2D eigenvalue weighted by Crippen LogP contribution is -2.44. The minimum Gasteiger partial charge on any atom is -0.342 e. The van der Waals surface area contributed by atoms with Crippen molar-refractivity contribution in [1.29, 1.82) is 0 Å². The van der Waals surface area contributed by atoms with Gasteiger partial charge in [0.05, 0.1) is 5.92 Å². The molecule has 3 rings (SSSR count). The third-order valence-corrected chi connectivity index (χ3v) is 5.88. The zero-order chi connectivity index (χ0) is 16.2. The van der Waals surface area contributed by atoms with Crippen molar-refractivity contribution in [3.8, 4) is 0 Å². The Morgan fingerprint density at radius 1 is 1.17 bits per heavy atom. The van der Waals surface area contributed by atoms with Gasteiger partial charge in [0.25, 0.3) is 0 Å². The van der Waals surface area contributed by atoms with Gasteiger partial charge in [0.2, 0.25) is 11.8 Å². The molecule has 2 amide bonds. The Bertz CT molecular complexity index is 426. The third-order valence-electron chi connectivity index (χ3n) is 5.88. The van der Waals surface area contributed by atoms with E-state index in [1.54, 1.807) is 0 Å². The van der Waals surface area contributed by atoms with E-state index in [0.717, 1.165) is 51.9 Å². The van der Waals surface area contributed by atoms with Crippen molar-refractivity contribution in [3.05, 3.63) is 0 Å². The fraction of sp³-hybridized carbons (Fsp3) is 0.889. The average molecular weight is 321 g/mol. The van der Waals surface area contributed by atoms with Crippen molar-refractivity contribution < 1.29 is 9.59 Å². The fourth-order valence-corrected chi connectivity index (χ4v) is 4.43. The first-order chi connectivity index (χ1) is 11.2. The summed E-state index contributed by atoms with van der Waals surface area (Å²) in [6, 6.07) is 0.408. The zero-order valence-electron chi connectivity index (χ0n) is 14.4. The van der Waals surface area contributed by atoms with Gasteiger partial charge in [0, 0.05) is 32.1 Å². The van der Waals surface area contributed by atoms with Crippen LogP contribution in [0.4, 0.5) is 0 Å². The second-order valence-electron chi connectivity index (χ2n) is 7.46. The van der Waals surface area contributed by atoms with Gasteiger partial charge in [-0.3, -0.25) is 9.59 Å². The smallest absolute Gasteiger partial charge is 0.227 e. The van der Waals surface area contributed by atoms with Crippen molar-refractivity contribution in [1.82, 2.24) is 15.1 Å². The van der Waals surface area contributed by atoms with Gasteiger partial charge in [-0.1, -0.05) is 19.8 Å². The van der Waals surface area contributed by atoms with E-state index in [1.165, 1.54) is 12.8 Å². The van der Waals surface area contributed by atoms with Crippen LogP contribution in [0.5, 0.6) is 0 Å². The van der Waals surface area contributed by atoms with Crippen LogP contribution >= 0.6 is 0 Å². The summed E-state index contributed by atoms with van der Waals surface area (Å²) in [5.74, 6) is 1.03. The van der Waals surface area contributed by atoms with Crippen LogP contribution in [-0.4, -0.2) is 60.4 Å². The Morgan fingerprint density at radius 2 is 1.87 bits per heavy atom. The molecule has 2 heterocycles. The molecule has 0 spiro atoms. The first-order valence-corrected chi connectivity index (χ1v) is 9.48. The van der Waals surface area contributed by atoms with Crippen LogP contribution in [0.2, 0.25) is 0 Å². The number of amides is 2. The molecule has 0 radical (unpaired) electrons. The lowest BCUT2D eigenvalue weighted by molar-refractivity contribution is -0.137. The molecular weight excluding hydrogens is 290 g/mol. The highest BCUT2D eigenvalue weighted by Gasteiger charge is 2.40. The molecule has 23 heavy (non-hydrogen) atoms. The topological polar surface area (TPSA) is 52.7 Å². The first-order valence-electron chi connectivity index (χ1n) is 9.48. The largest absolute Gasteiger partial charge is 0.342 e. The molecule has 130 valence electrons. The number of nitrogens with one attached hydrogen (secondary N) is 1. The minimum atomic E-state index is -0.0894. The summed E-state index contributed by atoms with van der Waals surface area (Å²) in [6.45, 7) is 6.60. The number of rotatable bonds is 5. The second kappa shape index (κ2) is 7.65. The molecule has 5 heteroatoms. The van der Waals surface area contributed by atoms with E-state index in [9.17, 15) is 9.59 Å². The predicted molar refractivity (Wildman–Crippen MR) is 89.9 cm³/mol. The Morgan fingerprint density at radius 3 is 2.52 bits per heavy atom. The maximum Gasteiger partial charge on any atom is 0.227 e. The number of carbonyl (C=O) groups is 2. The van der Waals surface area contributed by atoms with Gasteiger partial charge < -0.3 is 15.1 Å². The Kier molecular flexibility index (Phi) is 5.57. The fourth-order valence-electron chi connectivity index (χ4n) is 4.43. The third kappa shape index (κ3) is 3.87. The summed E-state index contributed by atoms with van der Waals surface area (Å²) in [4.78, 5) is 29.1. The summed E-state index contributed by atoms with van der Waals surface area (Å²) in [5.41, 5.74) is 0. The van der Waals surface area contributed by atoms with E-state index in [0.29, 0.717) is 24.9 Å². The lowest BCUT2D eigenvalue weighted by Gasteiger charge is -2.33. The molecule has 0 aromatic carbocycles. The minimum absolute atomic E-state index is 0.0894. The molecule has 0 bridgehead atoms. The number of hydrogen-bond donors (Lipinski definition) is 1. The van der Waals surface area contributed by atoms with Gasteiger partial charge in [-0.2, -0.15) is 0 Å². The summed E-state index contributed by atoms with van der Waals surface area (Å²) >= 11 is 0. The molecule has 1 saturated carbocycles. The monoisotopic (exact) mass is 321 g/mol. The molecule has 0 aromatic heterocycles. The SMILES string of the molecule is CCNCC1CCN(C(=O)C2CC(=O)N(C3CCCC3)C2)CC1. The van der Waals surface area contributed by atoms with Crippen molar-refractivity contribution >= 4 is 11.8 Å². The van der Waals surface area contributed by atoms with Gasteiger partial charge in [-0.05, 0) is 44.7 Å². The van der Waals surface area contributed by atoms with Gasteiger partial charge >= 0.3 is 0 Å². The summed E-state index contributed by atoms with van der Waals surface area (Å²) < 4.78 is 0. The maximum absolute atomic E-state index is 12.8. The van der Waals surface area contributed by atoms with Gasteiger partial charge in [-0.25, -0.2) is 0 Å². The molecule has 5 nitrogen and oxygen atoms in total. The van der Waals surface area contributed by atoms with Crippen molar-refractivity contribution in [2.24, 2.45) is 11.8 Å². The maximum atomic E-state index is 12.8. The van der Waals surface area contributed by atoms with Crippen molar-refractivity contribution in [2.45, 2.75) is 57.9 Å². The average Bonchev–Trinajstić information content (AvgIpc) is 3.22. The second-order valence-corrected chi connectivity index (χ2v) is 7.46. The van der Waals surface area contributed by atoms with Crippen molar-refractivity contribution in [2.75, 3.05) is 32.7 Å². The quantitative estimate of drug-likeness (QED) is 0.837. The molecule has 2 saturated heterocycles. The normalized spacial score (nSPS) is 27.2. The van der Waals surface area contributed by atoms with Crippen LogP contribution in [0.3, 0.4) is 0 Å². The molecule has 1 aliphatic carbocycles. The molecule has 1 unspecified atom stereocenters. The van der Waals surface area contributed by atoms with E-state index >= 15 is 0 Å². The Hall–Kier alpha value is -1.10. The van der Waals surface area contributed by atoms with Crippen LogP contribution in [-0.2, 0) is 9.59 Å². The van der Waals surface area contributed by atoms with Crippen LogP contribution in [0, 0.1) is 11.8 Å². The molecule has 1 N–H and O–H groups in total. The van der Waals surface area contributed by atoms with Crippen molar-refractivity contribution in [3.63, 3.8) is 0 Å². The lowest BCUT2D eigenvalue weighted by atomic mass is 9.95. The van der Waals surface area contributed by atoms with Gasteiger partial charge in [0.1, 0.15) is 0 Å². The number of hydrogen-bond acceptors (Lipinski definition) is 3. The Labute approximate surface area is 139 Å². The molecule has 3 fully saturated rings. The molecule has 2 aliphatic heterocycles. The van der Waals surface area contributed by atoms with Gasteiger partial charge in [0.15, 0.2) is 0 Å². The molecule has 3 aliphatic rings. The van der Waals surface area contributed by atoms with E-state index in [2.05, 4.69) is 12.2 Å². The molecular formula is C18H31N3O2. The van der Waals surface area contributed by atoms with E-state index in [4.69, 9.17) is 0 Å². The van der Waals surface area contributed by atoms with Crippen LogP contribution < -0.4 is 5.32 Å². The Balaban J connectivity index is 1.48. The summed E-state index contributed by atoms with van der Waals surface area (Å²) in [7, 11) is 0. The van der Waals surface area contributed by atoms with Gasteiger partial charge in [-0.15, -0.1) is 0 Å². The highest BCUT2D eigenvalue weighted by atomic mass is 16.2. The van der Waals surface area contributed by atoms with E-state index in [-0.39, 0.29) is 17.7 Å². The number of piperidine rings is 1.